The predicted molar refractivity (Wildman–Crippen MR) is 105 cm³/mol. The number of hydrogen-bond donors (Lipinski definition) is 3. The van der Waals surface area contributed by atoms with Crippen LogP contribution >= 0.6 is 0 Å². The molecule has 3 N–H and O–H groups in total. The first kappa shape index (κ1) is 23.4. The molecule has 0 bridgehead atoms. The van der Waals surface area contributed by atoms with E-state index in [1.165, 1.54) is 0 Å². The fourth-order valence-electron chi connectivity index (χ4n) is 3.05. The third kappa shape index (κ3) is 6.86. The quantitative estimate of drug-likeness (QED) is 0.445. The van der Waals surface area contributed by atoms with E-state index in [-0.39, 0.29) is 38.5 Å². The summed E-state index contributed by atoms with van der Waals surface area (Å²) in [4.78, 5) is 4.34. The number of sulfonamides is 1. The smallest absolute Gasteiger partial charge is 0.391 e. The Morgan fingerprint density at radius 3 is 2.45 bits per heavy atom. The van der Waals surface area contributed by atoms with Gasteiger partial charge in [-0.25, -0.2) is 8.42 Å². The number of halogens is 3. The van der Waals surface area contributed by atoms with Crippen LogP contribution in [0.25, 0.3) is 0 Å². The lowest BCUT2D eigenvalue weighted by Crippen LogP contribution is -2.51. The monoisotopic (exact) mass is 436 g/mol. The largest absolute Gasteiger partial charge is 0.511 e. The van der Waals surface area contributed by atoms with Gasteiger partial charge in [-0.3, -0.25) is 4.99 Å². The van der Waals surface area contributed by atoms with Crippen molar-refractivity contribution in [1.29, 1.82) is 0 Å². The highest BCUT2D eigenvalue weighted by molar-refractivity contribution is 7.90. The zero-order valence-electron chi connectivity index (χ0n) is 16.2. The van der Waals surface area contributed by atoms with E-state index in [9.17, 15) is 26.7 Å². The van der Waals surface area contributed by atoms with Crippen molar-refractivity contribution in [2.24, 2.45) is 4.99 Å². The number of benzene rings is 1. The number of piperidine rings is 1. The zero-order valence-corrected chi connectivity index (χ0v) is 17.0. The van der Waals surface area contributed by atoms with Gasteiger partial charge in [0.2, 0.25) is 0 Å². The van der Waals surface area contributed by atoms with E-state index in [1.54, 1.807) is 0 Å². The summed E-state index contributed by atoms with van der Waals surface area (Å²) in [6.45, 7) is 2.18. The van der Waals surface area contributed by atoms with Crippen molar-refractivity contribution in [2.45, 2.75) is 43.8 Å². The van der Waals surface area contributed by atoms with E-state index in [4.69, 9.17) is 0 Å². The average Bonchev–Trinajstić information content (AvgIpc) is 2.66. The minimum absolute atomic E-state index is 0.158. The highest BCUT2D eigenvalue weighted by atomic mass is 32.2. The van der Waals surface area contributed by atoms with Gasteiger partial charge in [0.25, 0.3) is 0 Å². The molecule has 0 amide bonds. The maximum Gasteiger partial charge on any atom is 0.511 e. The minimum atomic E-state index is -5.29. The third-order valence-corrected chi connectivity index (χ3v) is 6.18. The molecule has 2 rings (SSSR count). The molecule has 1 aromatic rings. The fraction of sp³-hybridized carbons (Fsp3) is 0.611. The molecule has 164 valence electrons. The summed E-state index contributed by atoms with van der Waals surface area (Å²) in [6, 6.07) is 9.30. The predicted octanol–water partition coefficient (Wildman–Crippen LogP) is 1.46. The molecule has 11 heteroatoms. The summed E-state index contributed by atoms with van der Waals surface area (Å²) in [5.74, 6) is 0.441. The van der Waals surface area contributed by atoms with Crippen LogP contribution in [-0.4, -0.2) is 67.6 Å². The third-order valence-electron chi connectivity index (χ3n) is 4.55. The van der Waals surface area contributed by atoms with Gasteiger partial charge in [-0.15, -0.1) is 0 Å². The van der Waals surface area contributed by atoms with Crippen LogP contribution in [0.3, 0.4) is 0 Å². The first-order valence-electron chi connectivity index (χ1n) is 9.46. The van der Waals surface area contributed by atoms with Gasteiger partial charge in [0.15, 0.2) is 5.96 Å². The van der Waals surface area contributed by atoms with Crippen molar-refractivity contribution < 1.29 is 26.7 Å². The summed E-state index contributed by atoms with van der Waals surface area (Å²) in [5, 5.41) is 16.3. The lowest BCUT2D eigenvalue weighted by atomic mass is 10.1. The number of nitrogens with zero attached hydrogens (tertiary/aromatic N) is 2. The van der Waals surface area contributed by atoms with Crippen LogP contribution in [0.4, 0.5) is 13.2 Å². The van der Waals surface area contributed by atoms with Crippen LogP contribution in [0.2, 0.25) is 0 Å². The Kier molecular flexibility index (Phi) is 8.29. The number of nitrogens with one attached hydrogen (secondary N) is 2. The Labute approximate surface area is 169 Å². The van der Waals surface area contributed by atoms with Crippen LogP contribution in [0.5, 0.6) is 0 Å². The van der Waals surface area contributed by atoms with E-state index >= 15 is 0 Å². The summed E-state index contributed by atoms with van der Waals surface area (Å²) in [6.07, 6.45) is 0.238. The van der Waals surface area contributed by atoms with E-state index < -0.39 is 21.6 Å². The molecule has 1 fully saturated rings. The molecule has 0 aromatic heterocycles. The topological polar surface area (TPSA) is 94.0 Å². The molecule has 0 aliphatic carbocycles. The van der Waals surface area contributed by atoms with E-state index in [2.05, 4.69) is 15.6 Å². The molecule has 0 spiro atoms. The SMILES string of the molecule is CCNC(=NCC(O)Cc1ccccc1)NC1CCN(S(=O)(=O)C(F)(F)F)CC1. The second-order valence-electron chi connectivity index (χ2n) is 6.83. The lowest BCUT2D eigenvalue weighted by molar-refractivity contribution is -0.0494. The van der Waals surface area contributed by atoms with Crippen molar-refractivity contribution in [3.63, 3.8) is 0 Å². The summed E-state index contributed by atoms with van der Waals surface area (Å²) >= 11 is 0. The van der Waals surface area contributed by atoms with Crippen LogP contribution in [0.1, 0.15) is 25.3 Å². The van der Waals surface area contributed by atoms with Crippen molar-refractivity contribution in [3.8, 4) is 0 Å². The van der Waals surface area contributed by atoms with E-state index in [1.807, 2.05) is 37.3 Å². The summed E-state index contributed by atoms with van der Waals surface area (Å²) in [5.41, 5.74) is -4.29. The van der Waals surface area contributed by atoms with E-state index in [0.717, 1.165) is 5.56 Å². The number of hydrogen-bond acceptors (Lipinski definition) is 4. The lowest BCUT2D eigenvalue weighted by Gasteiger charge is -2.32. The van der Waals surface area contributed by atoms with Crippen LogP contribution in [0, 0.1) is 0 Å². The molecule has 0 saturated carbocycles. The molecule has 29 heavy (non-hydrogen) atoms. The summed E-state index contributed by atoms with van der Waals surface area (Å²) in [7, 11) is -5.29. The van der Waals surface area contributed by atoms with Gasteiger partial charge in [-0.1, -0.05) is 30.3 Å². The van der Waals surface area contributed by atoms with Gasteiger partial charge < -0.3 is 15.7 Å². The summed E-state index contributed by atoms with van der Waals surface area (Å²) < 4.78 is 61.4. The molecule has 7 nitrogen and oxygen atoms in total. The Morgan fingerprint density at radius 2 is 1.90 bits per heavy atom. The molecular weight excluding hydrogens is 409 g/mol. The fourth-order valence-corrected chi connectivity index (χ4v) is 4.03. The first-order valence-corrected chi connectivity index (χ1v) is 10.9. The van der Waals surface area contributed by atoms with Crippen molar-refractivity contribution in [2.75, 3.05) is 26.2 Å². The second kappa shape index (κ2) is 10.3. The van der Waals surface area contributed by atoms with Gasteiger partial charge in [0.1, 0.15) is 0 Å². The van der Waals surface area contributed by atoms with Gasteiger partial charge in [0.05, 0.1) is 12.6 Å². The second-order valence-corrected chi connectivity index (χ2v) is 8.76. The molecular formula is C18H27F3N4O3S. The molecule has 1 heterocycles. The van der Waals surface area contributed by atoms with Crippen LogP contribution in [-0.2, 0) is 16.4 Å². The normalized spacial score (nSPS) is 18.4. The van der Waals surface area contributed by atoms with Gasteiger partial charge >= 0.3 is 15.5 Å². The average molecular weight is 437 g/mol. The molecule has 1 unspecified atom stereocenters. The molecule has 0 radical (unpaired) electrons. The maximum absolute atomic E-state index is 12.7. The highest BCUT2D eigenvalue weighted by Gasteiger charge is 2.50. The van der Waals surface area contributed by atoms with Gasteiger partial charge in [0, 0.05) is 32.1 Å². The Hall–Kier alpha value is -1.85. The Balaban J connectivity index is 1.88. The van der Waals surface area contributed by atoms with Gasteiger partial charge in [-0.2, -0.15) is 17.5 Å². The molecule has 1 aromatic carbocycles. The standard InChI is InChI=1S/C18H27F3N4O3S/c1-2-22-17(23-13-16(26)12-14-6-4-3-5-7-14)24-15-8-10-25(11-9-15)29(27,28)18(19,20)21/h3-7,15-16,26H,2,8-13H2,1H3,(H2,22,23,24). The van der Waals surface area contributed by atoms with Crippen LogP contribution in [0.15, 0.2) is 35.3 Å². The minimum Gasteiger partial charge on any atom is -0.391 e. The number of alkyl halides is 3. The van der Waals surface area contributed by atoms with Crippen molar-refractivity contribution in [3.05, 3.63) is 35.9 Å². The van der Waals surface area contributed by atoms with Crippen molar-refractivity contribution >= 4 is 16.0 Å². The molecule has 1 aliphatic heterocycles. The van der Waals surface area contributed by atoms with Crippen molar-refractivity contribution in [1.82, 2.24) is 14.9 Å². The maximum atomic E-state index is 12.7. The Morgan fingerprint density at radius 1 is 1.28 bits per heavy atom. The molecule has 1 aliphatic rings. The Bertz CT molecular complexity index is 764. The number of aliphatic hydroxyl groups is 1. The molecule has 1 atom stereocenters. The first-order chi connectivity index (χ1) is 13.6. The molecule has 1 saturated heterocycles. The number of guanidine groups is 1. The van der Waals surface area contributed by atoms with Crippen LogP contribution < -0.4 is 10.6 Å². The number of aliphatic hydroxyl groups excluding tert-OH is 1. The number of aliphatic imine (C=N–C) groups is 1. The van der Waals surface area contributed by atoms with E-state index in [0.29, 0.717) is 23.2 Å². The van der Waals surface area contributed by atoms with Gasteiger partial charge in [-0.05, 0) is 25.3 Å². The highest BCUT2D eigenvalue weighted by Crippen LogP contribution is 2.28. The zero-order chi connectivity index (χ0) is 21.5. The number of rotatable bonds is 7.